The number of rotatable bonds is 6. The first-order valence-electron chi connectivity index (χ1n) is 9.02. The number of thiol groups is 1. The maximum atomic E-state index is 13.3. The summed E-state index contributed by atoms with van der Waals surface area (Å²) in [6, 6.07) is 4.48. The number of ether oxygens (including phenoxy) is 1. The SMILES string of the molecule is O=C(c1ccc(N[SH](=O)=O)c(OC(F)(F)F)c1)N1CCN(Cc2cncc(F)c2)CC1. The fourth-order valence-corrected chi connectivity index (χ4v) is 3.53. The van der Waals surface area contributed by atoms with Crippen LogP contribution in [0.5, 0.6) is 5.75 Å². The average Bonchev–Trinajstić information content (AvgIpc) is 2.68. The zero-order valence-corrected chi connectivity index (χ0v) is 16.8. The molecule has 1 aliphatic heterocycles. The van der Waals surface area contributed by atoms with Crippen LogP contribution in [-0.4, -0.2) is 61.7 Å². The Morgan fingerprint density at radius 2 is 1.84 bits per heavy atom. The predicted molar refractivity (Wildman–Crippen MR) is 102 cm³/mol. The van der Waals surface area contributed by atoms with E-state index in [9.17, 15) is 30.8 Å². The molecule has 0 bridgehead atoms. The van der Waals surface area contributed by atoms with Crippen LogP contribution in [0.15, 0.2) is 36.7 Å². The lowest BCUT2D eigenvalue weighted by molar-refractivity contribution is -0.274. The van der Waals surface area contributed by atoms with Gasteiger partial charge in [-0.15, -0.1) is 13.2 Å². The lowest BCUT2D eigenvalue weighted by atomic mass is 10.1. The summed E-state index contributed by atoms with van der Waals surface area (Å²) in [5, 5.41) is 0. The molecule has 1 amide bonds. The topological polar surface area (TPSA) is 91.8 Å². The summed E-state index contributed by atoms with van der Waals surface area (Å²) in [6.07, 6.45) is -2.41. The van der Waals surface area contributed by atoms with Crippen LogP contribution in [0, 0.1) is 5.82 Å². The summed E-state index contributed by atoms with van der Waals surface area (Å²) in [4.78, 5) is 20.0. The van der Waals surface area contributed by atoms with E-state index in [1.807, 2.05) is 9.62 Å². The Balaban J connectivity index is 1.67. The summed E-state index contributed by atoms with van der Waals surface area (Å²) in [5.41, 5.74) is 0.181. The number of hydrogen-bond acceptors (Lipinski definition) is 6. The second kappa shape index (κ2) is 9.47. The zero-order chi connectivity index (χ0) is 22.6. The van der Waals surface area contributed by atoms with Gasteiger partial charge in [-0.3, -0.25) is 19.4 Å². The van der Waals surface area contributed by atoms with Crippen LogP contribution in [0.1, 0.15) is 15.9 Å². The quantitative estimate of drug-likeness (QED) is 0.504. The molecule has 0 unspecified atom stereocenters. The largest absolute Gasteiger partial charge is 0.573 e. The van der Waals surface area contributed by atoms with Crippen molar-refractivity contribution in [1.29, 1.82) is 0 Å². The van der Waals surface area contributed by atoms with Crippen molar-refractivity contribution in [3.05, 3.63) is 53.6 Å². The molecule has 168 valence electrons. The minimum atomic E-state index is -5.07. The number of anilines is 1. The highest BCUT2D eigenvalue weighted by atomic mass is 32.2. The van der Waals surface area contributed by atoms with Gasteiger partial charge in [0.05, 0.1) is 11.9 Å². The van der Waals surface area contributed by atoms with E-state index in [1.165, 1.54) is 17.0 Å². The van der Waals surface area contributed by atoms with Gasteiger partial charge in [0.2, 0.25) is 10.9 Å². The molecule has 2 heterocycles. The summed E-state index contributed by atoms with van der Waals surface area (Å²) in [7, 11) is -3.23. The van der Waals surface area contributed by atoms with Crippen molar-refractivity contribution in [2.75, 3.05) is 30.9 Å². The van der Waals surface area contributed by atoms with Crippen LogP contribution in [0.3, 0.4) is 0 Å². The van der Waals surface area contributed by atoms with E-state index < -0.39 is 40.4 Å². The van der Waals surface area contributed by atoms with E-state index in [2.05, 4.69) is 9.72 Å². The minimum Gasteiger partial charge on any atom is -0.404 e. The number of piperazine rings is 1. The number of carbonyl (C=O) groups is 1. The van der Waals surface area contributed by atoms with Crippen LogP contribution in [-0.2, 0) is 17.4 Å². The van der Waals surface area contributed by atoms with Gasteiger partial charge in [-0.2, -0.15) is 0 Å². The van der Waals surface area contributed by atoms with Gasteiger partial charge in [0.1, 0.15) is 5.82 Å². The Morgan fingerprint density at radius 1 is 1.13 bits per heavy atom. The van der Waals surface area contributed by atoms with E-state index in [-0.39, 0.29) is 5.56 Å². The number of alkyl halides is 3. The second-order valence-corrected chi connectivity index (χ2v) is 7.45. The molecular weight excluding hydrogens is 444 g/mol. The molecule has 1 fully saturated rings. The molecule has 1 N–H and O–H groups in total. The Bertz CT molecular complexity index is 1020. The van der Waals surface area contributed by atoms with Crippen LogP contribution in [0.2, 0.25) is 0 Å². The van der Waals surface area contributed by atoms with Gasteiger partial charge < -0.3 is 9.64 Å². The summed E-state index contributed by atoms with van der Waals surface area (Å²) in [5.74, 6) is -1.78. The van der Waals surface area contributed by atoms with Gasteiger partial charge in [0, 0.05) is 44.5 Å². The number of amides is 1. The molecule has 3 rings (SSSR count). The summed E-state index contributed by atoms with van der Waals surface area (Å²) >= 11 is 0. The van der Waals surface area contributed by atoms with Gasteiger partial charge in [-0.05, 0) is 29.8 Å². The van der Waals surface area contributed by atoms with Crippen LogP contribution < -0.4 is 9.46 Å². The number of nitrogens with zero attached hydrogens (tertiary/aromatic N) is 3. The number of aromatic nitrogens is 1. The number of pyridine rings is 1. The molecule has 13 heteroatoms. The van der Waals surface area contributed by atoms with Gasteiger partial charge in [0.15, 0.2) is 5.75 Å². The van der Waals surface area contributed by atoms with E-state index in [0.29, 0.717) is 38.3 Å². The van der Waals surface area contributed by atoms with Crippen molar-refractivity contribution >= 4 is 22.5 Å². The van der Waals surface area contributed by atoms with Crippen molar-refractivity contribution < 1.29 is 35.5 Å². The fourth-order valence-electron chi connectivity index (χ4n) is 3.15. The molecule has 0 radical (unpaired) electrons. The fraction of sp³-hybridized carbons (Fsp3) is 0.333. The molecule has 1 saturated heterocycles. The van der Waals surface area contributed by atoms with Crippen LogP contribution in [0.4, 0.5) is 23.2 Å². The molecule has 1 aliphatic rings. The van der Waals surface area contributed by atoms with Crippen molar-refractivity contribution in [1.82, 2.24) is 14.8 Å². The third kappa shape index (κ3) is 6.52. The molecule has 1 aromatic heterocycles. The number of halogens is 4. The highest BCUT2D eigenvalue weighted by Crippen LogP contribution is 2.32. The molecule has 0 atom stereocenters. The lowest BCUT2D eigenvalue weighted by Gasteiger charge is -2.34. The molecule has 0 saturated carbocycles. The third-order valence-electron chi connectivity index (χ3n) is 4.49. The molecule has 0 aliphatic carbocycles. The number of hydrogen-bond donors (Lipinski definition) is 2. The van der Waals surface area contributed by atoms with Crippen LogP contribution >= 0.6 is 0 Å². The predicted octanol–water partition coefficient (Wildman–Crippen LogP) is 2.02. The van der Waals surface area contributed by atoms with Crippen molar-refractivity contribution in [3.63, 3.8) is 0 Å². The highest BCUT2D eigenvalue weighted by molar-refractivity contribution is 7.73. The molecule has 1 aromatic carbocycles. The molecule has 31 heavy (non-hydrogen) atoms. The first-order valence-corrected chi connectivity index (χ1v) is 10.2. The minimum absolute atomic E-state index is 0.0753. The van der Waals surface area contributed by atoms with Gasteiger partial charge >= 0.3 is 6.36 Å². The van der Waals surface area contributed by atoms with Gasteiger partial charge in [-0.25, -0.2) is 12.8 Å². The van der Waals surface area contributed by atoms with Gasteiger partial charge in [-0.1, -0.05) is 0 Å². The number of carbonyl (C=O) groups excluding carboxylic acids is 1. The number of benzene rings is 1. The normalized spacial score (nSPS) is 15.2. The monoisotopic (exact) mass is 462 g/mol. The molecular formula is C18H18F4N4O4S. The first kappa shape index (κ1) is 22.7. The Labute approximate surface area is 176 Å². The standard InChI is InChI=1S/C18H18F4N4O4S/c19-14-7-12(9-23-10-14)11-25-3-5-26(6-4-25)17(27)13-1-2-15(24-31(28)29)16(8-13)30-18(20,21)22/h1-2,7-10,31H,3-6,11H2,(H,24,28,29). The Morgan fingerprint density at radius 3 is 2.45 bits per heavy atom. The maximum Gasteiger partial charge on any atom is 0.573 e. The second-order valence-electron chi connectivity index (χ2n) is 6.71. The maximum absolute atomic E-state index is 13.3. The lowest BCUT2D eigenvalue weighted by Crippen LogP contribution is -2.48. The first-order chi connectivity index (χ1) is 14.6. The molecule has 8 nitrogen and oxygen atoms in total. The smallest absolute Gasteiger partial charge is 0.404 e. The van der Waals surface area contributed by atoms with E-state index in [1.54, 1.807) is 6.20 Å². The third-order valence-corrected chi connectivity index (χ3v) is 4.92. The average molecular weight is 462 g/mol. The highest BCUT2D eigenvalue weighted by Gasteiger charge is 2.33. The van der Waals surface area contributed by atoms with Crippen molar-refractivity contribution in [2.24, 2.45) is 0 Å². The van der Waals surface area contributed by atoms with E-state index in [0.717, 1.165) is 18.3 Å². The van der Waals surface area contributed by atoms with Crippen molar-refractivity contribution in [3.8, 4) is 5.75 Å². The molecule has 2 aromatic rings. The Hall–Kier alpha value is -2.93. The molecule has 0 spiro atoms. The van der Waals surface area contributed by atoms with Crippen LogP contribution in [0.25, 0.3) is 0 Å². The Kier molecular flexibility index (Phi) is 6.95. The van der Waals surface area contributed by atoms with E-state index in [4.69, 9.17) is 0 Å². The zero-order valence-electron chi connectivity index (χ0n) is 15.9. The summed E-state index contributed by atoms with van der Waals surface area (Å²) < 4.78 is 78.6. The van der Waals surface area contributed by atoms with Crippen molar-refractivity contribution in [2.45, 2.75) is 12.9 Å². The van der Waals surface area contributed by atoms with Gasteiger partial charge in [0.25, 0.3) is 5.91 Å². The number of nitrogens with one attached hydrogen (secondary N) is 1. The van der Waals surface area contributed by atoms with E-state index >= 15 is 0 Å². The summed E-state index contributed by atoms with van der Waals surface area (Å²) in [6.45, 7) is 2.02.